The van der Waals surface area contributed by atoms with Crippen molar-refractivity contribution in [3.8, 4) is 11.4 Å². The summed E-state index contributed by atoms with van der Waals surface area (Å²) in [5, 5.41) is 6.14. The topological polar surface area (TPSA) is 77.4 Å². The van der Waals surface area contributed by atoms with Crippen molar-refractivity contribution >= 4 is 11.7 Å². The number of amides is 2. The summed E-state index contributed by atoms with van der Waals surface area (Å²) in [4.78, 5) is 17.6. The second-order valence-corrected chi connectivity index (χ2v) is 10.3. The summed E-state index contributed by atoms with van der Waals surface area (Å²) < 4.78 is 14.7. The second kappa shape index (κ2) is 10.4. The molecule has 2 atom stereocenters. The van der Waals surface area contributed by atoms with Gasteiger partial charge in [0, 0.05) is 36.3 Å². The monoisotopic (exact) mass is 490 g/mol. The van der Waals surface area contributed by atoms with Crippen molar-refractivity contribution in [2.75, 3.05) is 11.9 Å². The van der Waals surface area contributed by atoms with Gasteiger partial charge in [0.1, 0.15) is 5.82 Å². The molecule has 0 saturated carbocycles. The Morgan fingerprint density at radius 3 is 2.08 bits per heavy atom. The van der Waals surface area contributed by atoms with Crippen molar-refractivity contribution in [2.45, 2.75) is 71.4 Å². The maximum atomic E-state index is 13.2. The van der Waals surface area contributed by atoms with Crippen LogP contribution in [0.2, 0.25) is 0 Å². The van der Waals surface area contributed by atoms with E-state index in [0.29, 0.717) is 0 Å². The fraction of sp³-hybridized carbons (Fsp3) is 0.448. The van der Waals surface area contributed by atoms with Crippen LogP contribution in [-0.2, 0) is 22.3 Å². The predicted molar refractivity (Wildman–Crippen MR) is 143 cm³/mol. The molecule has 2 aromatic carbocycles. The number of aromatic nitrogens is 2. The first-order chi connectivity index (χ1) is 17.1. The largest absolute Gasteiger partial charge is 0.339 e. The first kappa shape index (κ1) is 25.9. The zero-order valence-corrected chi connectivity index (χ0v) is 22.3. The lowest BCUT2D eigenvalue weighted by atomic mass is 9.93. The highest BCUT2D eigenvalue weighted by atomic mass is 16.8. The molecule has 0 spiro atoms. The highest BCUT2D eigenvalue weighted by molar-refractivity contribution is 5.91. The Bertz CT molecular complexity index is 1160. The molecular formula is C29H38N4O3. The lowest BCUT2D eigenvalue weighted by Crippen LogP contribution is -2.44. The summed E-state index contributed by atoms with van der Waals surface area (Å²) in [5.41, 5.74) is 4.96. The van der Waals surface area contributed by atoms with E-state index < -0.39 is 5.79 Å². The molecule has 2 amide bonds. The molecular weight excluding hydrogens is 452 g/mol. The molecule has 1 aliphatic heterocycles. The minimum absolute atomic E-state index is 0.113. The molecule has 0 radical (unpaired) electrons. The molecule has 36 heavy (non-hydrogen) atoms. The normalized spacial score (nSPS) is 21.8. The van der Waals surface area contributed by atoms with Crippen LogP contribution >= 0.6 is 0 Å². The molecule has 4 rings (SSSR count). The third kappa shape index (κ3) is 5.18. The van der Waals surface area contributed by atoms with Crippen LogP contribution < -0.4 is 10.6 Å². The van der Waals surface area contributed by atoms with E-state index in [1.807, 2.05) is 55.9 Å². The third-order valence-electron chi connectivity index (χ3n) is 6.91. The number of carbonyl (C=O) groups is 1. The molecule has 2 unspecified atom stereocenters. The van der Waals surface area contributed by atoms with Gasteiger partial charge in [-0.25, -0.2) is 9.78 Å². The van der Waals surface area contributed by atoms with Crippen molar-refractivity contribution < 1.29 is 14.3 Å². The van der Waals surface area contributed by atoms with E-state index in [1.165, 1.54) is 0 Å². The van der Waals surface area contributed by atoms with Crippen LogP contribution in [0.4, 0.5) is 10.5 Å². The molecule has 1 aliphatic rings. The molecule has 1 aromatic heterocycles. The van der Waals surface area contributed by atoms with Gasteiger partial charge in [0.25, 0.3) is 0 Å². The van der Waals surface area contributed by atoms with Crippen molar-refractivity contribution in [2.24, 2.45) is 7.05 Å². The van der Waals surface area contributed by atoms with Gasteiger partial charge < -0.3 is 24.7 Å². The number of aryl methyl sites for hydroxylation is 1. The number of hydrogen-bond acceptors (Lipinski definition) is 4. The van der Waals surface area contributed by atoms with Gasteiger partial charge in [-0.15, -0.1) is 0 Å². The van der Waals surface area contributed by atoms with Crippen LogP contribution in [0.15, 0.2) is 54.9 Å². The number of urea groups is 1. The van der Waals surface area contributed by atoms with Gasteiger partial charge in [0.05, 0.1) is 18.8 Å². The number of ether oxygens (including phenoxy) is 2. The van der Waals surface area contributed by atoms with Gasteiger partial charge >= 0.3 is 6.03 Å². The molecule has 2 N–H and O–H groups in total. The lowest BCUT2D eigenvalue weighted by Gasteiger charge is -2.29. The average Bonchev–Trinajstić information content (AvgIpc) is 3.40. The summed E-state index contributed by atoms with van der Waals surface area (Å²) in [6, 6.07) is 13.9. The molecule has 192 valence electrons. The first-order valence-electron chi connectivity index (χ1n) is 12.7. The number of anilines is 1. The maximum absolute atomic E-state index is 13.2. The highest BCUT2D eigenvalue weighted by Gasteiger charge is 2.46. The van der Waals surface area contributed by atoms with Gasteiger partial charge in [-0.05, 0) is 36.8 Å². The summed E-state index contributed by atoms with van der Waals surface area (Å²) in [7, 11) is 1.97. The Labute approximate surface area is 214 Å². The van der Waals surface area contributed by atoms with E-state index >= 15 is 0 Å². The number of nitrogens with zero attached hydrogens (tertiary/aromatic N) is 2. The third-order valence-corrected chi connectivity index (χ3v) is 6.91. The van der Waals surface area contributed by atoms with Gasteiger partial charge in [-0.3, -0.25) is 0 Å². The summed E-state index contributed by atoms with van der Waals surface area (Å²) >= 11 is 0. The molecule has 0 bridgehead atoms. The van der Waals surface area contributed by atoms with E-state index in [4.69, 9.17) is 9.47 Å². The average molecular weight is 491 g/mol. The van der Waals surface area contributed by atoms with E-state index in [2.05, 4.69) is 61.5 Å². The van der Waals surface area contributed by atoms with Crippen LogP contribution in [-0.4, -0.2) is 34.3 Å². The smallest absolute Gasteiger partial charge is 0.319 e. The van der Waals surface area contributed by atoms with Crippen molar-refractivity contribution in [1.29, 1.82) is 0 Å². The maximum Gasteiger partial charge on any atom is 0.319 e. The van der Waals surface area contributed by atoms with Gasteiger partial charge in [0.15, 0.2) is 0 Å². The van der Waals surface area contributed by atoms with Gasteiger partial charge in [-0.2, -0.15) is 0 Å². The van der Waals surface area contributed by atoms with Crippen LogP contribution in [0.1, 0.15) is 70.1 Å². The SMILES string of the molecule is CC(C)c1cccc(C(C)C)c1NC(=O)NCC1(c2ccc(-c3nccn3C)cc2)OC(C)C(C)O1. The zero-order valence-electron chi connectivity index (χ0n) is 22.3. The minimum atomic E-state index is -1.07. The van der Waals surface area contributed by atoms with E-state index in [0.717, 1.165) is 33.8 Å². The number of nitrogens with one attached hydrogen (secondary N) is 2. The van der Waals surface area contributed by atoms with Crippen LogP contribution in [0.3, 0.4) is 0 Å². The number of benzene rings is 2. The van der Waals surface area contributed by atoms with Gasteiger partial charge in [0.2, 0.25) is 5.79 Å². The highest BCUT2D eigenvalue weighted by Crippen LogP contribution is 2.38. The molecule has 1 fully saturated rings. The molecule has 7 heteroatoms. The second-order valence-electron chi connectivity index (χ2n) is 10.3. The number of para-hydroxylation sites is 1. The Hall–Kier alpha value is -3.16. The zero-order chi connectivity index (χ0) is 26.0. The Morgan fingerprint density at radius 1 is 1.00 bits per heavy atom. The predicted octanol–water partition coefficient (Wildman–Crippen LogP) is 6.13. The molecule has 0 aliphatic carbocycles. The first-order valence-corrected chi connectivity index (χ1v) is 12.7. The number of carbonyl (C=O) groups excluding carboxylic acids is 1. The number of hydrogen-bond donors (Lipinski definition) is 2. The molecule has 3 aromatic rings. The Balaban J connectivity index is 1.56. The van der Waals surface area contributed by atoms with Crippen molar-refractivity contribution in [1.82, 2.24) is 14.9 Å². The quantitative estimate of drug-likeness (QED) is 0.417. The molecule has 7 nitrogen and oxygen atoms in total. The molecule has 1 saturated heterocycles. The standard InChI is InChI=1S/C29H38N4O3/c1-18(2)24-9-8-10-25(19(3)4)26(24)32-28(34)31-17-29(35-20(5)21(6)36-29)23-13-11-22(12-14-23)27-30-15-16-33(27)7/h8-16,18-21H,17H2,1-7H3,(H2,31,32,34). The lowest BCUT2D eigenvalue weighted by molar-refractivity contribution is -0.176. The van der Waals surface area contributed by atoms with Gasteiger partial charge in [-0.1, -0.05) is 70.2 Å². The van der Waals surface area contributed by atoms with Crippen LogP contribution in [0, 0.1) is 0 Å². The van der Waals surface area contributed by atoms with Crippen molar-refractivity contribution in [3.63, 3.8) is 0 Å². The minimum Gasteiger partial charge on any atom is -0.339 e. The van der Waals surface area contributed by atoms with E-state index in [1.54, 1.807) is 6.20 Å². The molecule has 2 heterocycles. The van der Waals surface area contributed by atoms with Crippen LogP contribution in [0.5, 0.6) is 0 Å². The fourth-order valence-electron chi connectivity index (χ4n) is 4.71. The number of rotatable bonds is 7. The Morgan fingerprint density at radius 2 is 1.58 bits per heavy atom. The van der Waals surface area contributed by atoms with E-state index in [-0.39, 0.29) is 36.6 Å². The van der Waals surface area contributed by atoms with E-state index in [9.17, 15) is 4.79 Å². The van der Waals surface area contributed by atoms with Crippen molar-refractivity contribution in [3.05, 3.63) is 71.5 Å². The van der Waals surface area contributed by atoms with Crippen LogP contribution in [0.25, 0.3) is 11.4 Å². The summed E-state index contributed by atoms with van der Waals surface area (Å²) in [5.74, 6) is 0.374. The number of imidazole rings is 1. The fourth-order valence-corrected chi connectivity index (χ4v) is 4.71. The Kier molecular flexibility index (Phi) is 7.52. The summed E-state index contributed by atoms with van der Waals surface area (Å²) in [6.07, 6.45) is 3.47. The summed E-state index contributed by atoms with van der Waals surface area (Å²) in [6.45, 7) is 12.7.